The van der Waals surface area contributed by atoms with Gasteiger partial charge >= 0.3 is 5.97 Å². The lowest BCUT2D eigenvalue weighted by Crippen LogP contribution is -2.05. The number of carboxylic acids is 1. The molecule has 4 heteroatoms. The normalized spacial score (nSPS) is 10.2. The van der Waals surface area contributed by atoms with Crippen molar-refractivity contribution in [2.75, 3.05) is 12.3 Å². The van der Waals surface area contributed by atoms with Gasteiger partial charge in [0, 0.05) is 12.3 Å². The molecule has 4 nitrogen and oxygen atoms in total. The molecule has 0 aliphatic heterocycles. The summed E-state index contributed by atoms with van der Waals surface area (Å²) in [5.41, 5.74) is 6.84. The van der Waals surface area contributed by atoms with Gasteiger partial charge in [0.15, 0.2) is 0 Å². The molecule has 0 saturated heterocycles. The van der Waals surface area contributed by atoms with E-state index in [0.29, 0.717) is 24.5 Å². The number of ether oxygens (including phenoxy) is 1. The van der Waals surface area contributed by atoms with Crippen LogP contribution in [0, 0.1) is 0 Å². The summed E-state index contributed by atoms with van der Waals surface area (Å²) < 4.78 is 5.30. The molecule has 0 spiro atoms. The number of nitrogen functional groups attached to an aromatic ring is 1. The molecule has 0 radical (unpaired) electrons. The minimum absolute atomic E-state index is 0.214. The van der Waals surface area contributed by atoms with Crippen LogP contribution < -0.4 is 5.73 Å². The number of benzene rings is 1. The van der Waals surface area contributed by atoms with Gasteiger partial charge in [0.05, 0.1) is 12.2 Å². The fraction of sp³-hybridized carbons (Fsp3) is 0.364. The Hall–Kier alpha value is -1.55. The molecule has 82 valence electrons. The van der Waals surface area contributed by atoms with Crippen molar-refractivity contribution in [3.63, 3.8) is 0 Å². The van der Waals surface area contributed by atoms with Gasteiger partial charge in [0.25, 0.3) is 0 Å². The molecule has 0 aromatic heterocycles. The van der Waals surface area contributed by atoms with E-state index >= 15 is 0 Å². The maximum absolute atomic E-state index is 10.9. The summed E-state index contributed by atoms with van der Waals surface area (Å²) in [6, 6.07) is 4.82. The van der Waals surface area contributed by atoms with E-state index in [1.165, 1.54) is 6.07 Å². The van der Waals surface area contributed by atoms with Crippen LogP contribution in [0.25, 0.3) is 0 Å². The predicted octanol–water partition coefficient (Wildman–Crippen LogP) is 1.89. The Kier molecular flexibility index (Phi) is 4.12. The van der Waals surface area contributed by atoms with E-state index in [2.05, 4.69) is 0 Å². The lowest BCUT2D eigenvalue weighted by molar-refractivity contribution is 0.0687. The molecule has 0 saturated carbocycles. The number of aromatic carboxylic acids is 1. The molecule has 1 aromatic carbocycles. The lowest BCUT2D eigenvalue weighted by atomic mass is 10.1. The number of rotatable bonds is 5. The van der Waals surface area contributed by atoms with Crippen LogP contribution in [0.3, 0.4) is 0 Å². The Morgan fingerprint density at radius 1 is 1.53 bits per heavy atom. The topological polar surface area (TPSA) is 72.5 Å². The van der Waals surface area contributed by atoms with E-state index in [1.807, 2.05) is 6.92 Å². The molecule has 1 rings (SSSR count). The van der Waals surface area contributed by atoms with Gasteiger partial charge in [-0.2, -0.15) is 0 Å². The first-order chi connectivity index (χ1) is 7.15. The zero-order valence-electron chi connectivity index (χ0n) is 8.69. The van der Waals surface area contributed by atoms with Crippen molar-refractivity contribution in [1.82, 2.24) is 0 Å². The van der Waals surface area contributed by atoms with Crippen molar-refractivity contribution < 1.29 is 14.6 Å². The molecule has 0 bridgehead atoms. The van der Waals surface area contributed by atoms with Crippen LogP contribution in [0.15, 0.2) is 18.2 Å². The van der Waals surface area contributed by atoms with E-state index in [9.17, 15) is 4.79 Å². The van der Waals surface area contributed by atoms with Crippen LogP contribution in [0.1, 0.15) is 29.3 Å². The molecule has 0 aliphatic rings. The Labute approximate surface area is 88.7 Å². The van der Waals surface area contributed by atoms with Crippen molar-refractivity contribution >= 4 is 11.7 Å². The van der Waals surface area contributed by atoms with Crippen molar-refractivity contribution in [2.45, 2.75) is 20.0 Å². The molecule has 0 atom stereocenters. The maximum atomic E-state index is 10.9. The third-order valence-electron chi connectivity index (χ3n) is 1.97. The first kappa shape index (κ1) is 11.5. The van der Waals surface area contributed by atoms with Crippen LogP contribution in [0.4, 0.5) is 5.69 Å². The summed E-state index contributed by atoms with van der Waals surface area (Å²) in [5.74, 6) is -0.975. The Morgan fingerprint density at radius 3 is 2.87 bits per heavy atom. The average molecular weight is 209 g/mol. The smallest absolute Gasteiger partial charge is 0.336 e. The molecule has 15 heavy (non-hydrogen) atoms. The fourth-order valence-corrected chi connectivity index (χ4v) is 1.25. The SMILES string of the molecule is CCCOCc1ccc(N)cc1C(=O)O. The van der Waals surface area contributed by atoms with E-state index in [0.717, 1.165) is 6.42 Å². The van der Waals surface area contributed by atoms with Crippen molar-refractivity contribution in [3.8, 4) is 0 Å². The number of anilines is 1. The Balaban J connectivity index is 2.81. The first-order valence-electron chi connectivity index (χ1n) is 4.84. The van der Waals surface area contributed by atoms with Gasteiger partial charge in [-0.15, -0.1) is 0 Å². The van der Waals surface area contributed by atoms with Gasteiger partial charge in [-0.05, 0) is 24.1 Å². The zero-order chi connectivity index (χ0) is 11.3. The number of carbonyl (C=O) groups is 1. The van der Waals surface area contributed by atoms with E-state index in [4.69, 9.17) is 15.6 Å². The van der Waals surface area contributed by atoms with Gasteiger partial charge in [0.2, 0.25) is 0 Å². The molecule has 0 amide bonds. The molecular formula is C11H15NO3. The Morgan fingerprint density at radius 2 is 2.27 bits per heavy atom. The second-order valence-corrected chi connectivity index (χ2v) is 3.27. The van der Waals surface area contributed by atoms with Crippen molar-refractivity contribution in [1.29, 1.82) is 0 Å². The quantitative estimate of drug-likeness (QED) is 0.573. The summed E-state index contributed by atoms with van der Waals surface area (Å²) in [6.45, 7) is 2.94. The zero-order valence-corrected chi connectivity index (χ0v) is 8.69. The summed E-state index contributed by atoms with van der Waals surface area (Å²) in [7, 11) is 0. The number of hydrogen-bond donors (Lipinski definition) is 2. The maximum Gasteiger partial charge on any atom is 0.336 e. The van der Waals surface area contributed by atoms with Crippen LogP contribution in [0.5, 0.6) is 0 Å². The molecule has 1 aromatic rings. The largest absolute Gasteiger partial charge is 0.478 e. The summed E-state index contributed by atoms with van der Waals surface area (Å²) in [5, 5.41) is 8.94. The van der Waals surface area contributed by atoms with Crippen LogP contribution >= 0.6 is 0 Å². The van der Waals surface area contributed by atoms with Crippen molar-refractivity contribution in [3.05, 3.63) is 29.3 Å². The highest BCUT2D eigenvalue weighted by Gasteiger charge is 2.09. The standard InChI is InChI=1S/C11H15NO3/c1-2-5-15-7-8-3-4-9(12)6-10(8)11(13)14/h3-4,6H,2,5,7,12H2,1H3,(H,13,14). The highest BCUT2D eigenvalue weighted by atomic mass is 16.5. The molecule has 0 heterocycles. The van der Waals surface area contributed by atoms with Gasteiger partial charge in [0.1, 0.15) is 0 Å². The highest BCUT2D eigenvalue weighted by Crippen LogP contribution is 2.14. The summed E-state index contributed by atoms with van der Waals surface area (Å²) in [6.07, 6.45) is 0.914. The van der Waals surface area contributed by atoms with E-state index in [-0.39, 0.29) is 5.56 Å². The van der Waals surface area contributed by atoms with Gasteiger partial charge in [-0.3, -0.25) is 0 Å². The van der Waals surface area contributed by atoms with Gasteiger partial charge in [-0.25, -0.2) is 4.79 Å². The molecule has 3 N–H and O–H groups in total. The predicted molar refractivity (Wildman–Crippen MR) is 57.8 cm³/mol. The van der Waals surface area contributed by atoms with Crippen molar-refractivity contribution in [2.24, 2.45) is 0 Å². The first-order valence-corrected chi connectivity index (χ1v) is 4.84. The Bertz CT molecular complexity index is 350. The fourth-order valence-electron chi connectivity index (χ4n) is 1.25. The molecule has 0 unspecified atom stereocenters. The molecule has 0 fully saturated rings. The monoisotopic (exact) mass is 209 g/mol. The minimum Gasteiger partial charge on any atom is -0.478 e. The number of carboxylic acid groups (broad SMARTS) is 1. The minimum atomic E-state index is -0.975. The summed E-state index contributed by atoms with van der Waals surface area (Å²) in [4.78, 5) is 10.9. The second kappa shape index (κ2) is 5.36. The lowest BCUT2D eigenvalue weighted by Gasteiger charge is -2.07. The average Bonchev–Trinajstić information content (AvgIpc) is 2.20. The van der Waals surface area contributed by atoms with Crippen LogP contribution in [0.2, 0.25) is 0 Å². The van der Waals surface area contributed by atoms with Crippen LogP contribution in [-0.2, 0) is 11.3 Å². The third kappa shape index (κ3) is 3.25. The van der Waals surface area contributed by atoms with Crippen LogP contribution in [-0.4, -0.2) is 17.7 Å². The van der Waals surface area contributed by atoms with Gasteiger partial charge < -0.3 is 15.6 Å². The number of nitrogens with two attached hydrogens (primary N) is 1. The van der Waals surface area contributed by atoms with E-state index < -0.39 is 5.97 Å². The number of hydrogen-bond acceptors (Lipinski definition) is 3. The van der Waals surface area contributed by atoms with Gasteiger partial charge in [-0.1, -0.05) is 13.0 Å². The molecular weight excluding hydrogens is 194 g/mol. The molecule has 0 aliphatic carbocycles. The summed E-state index contributed by atoms with van der Waals surface area (Å²) >= 11 is 0. The third-order valence-corrected chi connectivity index (χ3v) is 1.97. The highest BCUT2D eigenvalue weighted by molar-refractivity contribution is 5.90. The van der Waals surface area contributed by atoms with E-state index in [1.54, 1.807) is 12.1 Å². The second-order valence-electron chi connectivity index (χ2n) is 3.27.